The molecule has 0 atom stereocenters. The van der Waals surface area contributed by atoms with Crippen LogP contribution in [0.1, 0.15) is 19.4 Å². The van der Waals surface area contributed by atoms with Gasteiger partial charge in [-0.1, -0.05) is 12.1 Å². The molecule has 0 aliphatic rings. The highest BCUT2D eigenvalue weighted by molar-refractivity contribution is 7.90. The minimum atomic E-state index is -4.64. The number of nitrogens with zero attached hydrogens (tertiary/aromatic N) is 1. The fourth-order valence-electron chi connectivity index (χ4n) is 2.04. The molecule has 2 aromatic rings. The first-order chi connectivity index (χ1) is 13.3. The van der Waals surface area contributed by atoms with Gasteiger partial charge in [-0.25, -0.2) is 22.5 Å². The van der Waals surface area contributed by atoms with Crippen LogP contribution in [0.2, 0.25) is 0 Å². The average molecular weight is 446 g/mol. The van der Waals surface area contributed by atoms with Crippen molar-refractivity contribution in [3.05, 3.63) is 48.3 Å². The Morgan fingerprint density at radius 2 is 1.79 bits per heavy atom. The number of amides is 2. The molecule has 1 aromatic heterocycles. The molecular weight excluding hydrogens is 423 g/mol. The van der Waals surface area contributed by atoms with E-state index >= 15 is 0 Å². The molecule has 2 amide bonds. The smallest absolute Gasteiger partial charge is 0.354 e. The van der Waals surface area contributed by atoms with Crippen molar-refractivity contribution in [3.8, 4) is 0 Å². The van der Waals surface area contributed by atoms with E-state index in [4.69, 9.17) is 19.2 Å². The zero-order valence-electron chi connectivity index (χ0n) is 15.9. The summed E-state index contributed by atoms with van der Waals surface area (Å²) in [5.74, 6) is 0. The third kappa shape index (κ3) is 10.0. The first-order valence-electron chi connectivity index (χ1n) is 8.17. The van der Waals surface area contributed by atoms with E-state index in [9.17, 15) is 13.2 Å². The van der Waals surface area contributed by atoms with Gasteiger partial charge in [0.15, 0.2) is 0 Å². The zero-order chi connectivity index (χ0) is 22.2. The van der Waals surface area contributed by atoms with Gasteiger partial charge in [0.25, 0.3) is 10.0 Å². The maximum Gasteiger partial charge on any atom is 0.466 e. The summed E-state index contributed by atoms with van der Waals surface area (Å²) in [4.78, 5) is 37.0. The fraction of sp³-hybridized carbons (Fsp3) is 0.250. The quantitative estimate of drug-likeness (QED) is 0.372. The number of pyridine rings is 1. The molecule has 0 saturated carbocycles. The molecule has 0 unspecified atom stereocenters. The second kappa shape index (κ2) is 10.3. The molecule has 0 radical (unpaired) electrons. The first kappa shape index (κ1) is 24.5. The lowest BCUT2D eigenvalue weighted by atomic mass is 10.2. The molecule has 1 heterocycles. The highest BCUT2D eigenvalue weighted by atomic mass is 32.2. The minimum Gasteiger partial charge on any atom is -0.354 e. The van der Waals surface area contributed by atoms with E-state index in [2.05, 4.69) is 15.6 Å². The van der Waals surface area contributed by atoms with Gasteiger partial charge in [-0.2, -0.15) is 0 Å². The number of phosphoric acid groups is 1. The largest absolute Gasteiger partial charge is 0.466 e. The number of benzene rings is 1. The number of sulfonamides is 1. The Labute approximate surface area is 168 Å². The number of anilines is 2. The summed E-state index contributed by atoms with van der Waals surface area (Å²) < 4.78 is 35.8. The number of aromatic nitrogens is 1. The van der Waals surface area contributed by atoms with Crippen molar-refractivity contribution < 1.29 is 32.5 Å². The number of aryl methyl sites for hydroxylation is 1. The summed E-state index contributed by atoms with van der Waals surface area (Å²) in [6.07, 6.45) is 2.68. The van der Waals surface area contributed by atoms with Crippen molar-refractivity contribution >= 4 is 35.3 Å². The normalized spacial score (nSPS) is 11.3. The fourth-order valence-corrected chi connectivity index (χ4v) is 3.07. The molecule has 0 aliphatic carbocycles. The average Bonchev–Trinajstić information content (AvgIpc) is 2.52. The molecule has 29 heavy (non-hydrogen) atoms. The Morgan fingerprint density at radius 3 is 2.34 bits per heavy atom. The van der Waals surface area contributed by atoms with Gasteiger partial charge in [0, 0.05) is 24.1 Å². The standard InChI is InChI=1S/C16H20N4O3S.H3O4P/c1-11(2)18-16(21)20-24(22,23)15-10-17-8-7-14(15)19-13-6-4-5-12(3)9-13;1-5(2,3)4/h4-11H,1-3H3,(H,17,19)(H2,18,20,21);(H3,1,2,3,4). The molecule has 0 aliphatic heterocycles. The molecule has 0 spiro atoms. The summed E-state index contributed by atoms with van der Waals surface area (Å²) >= 11 is 0. The second-order valence-electron chi connectivity index (χ2n) is 6.11. The molecule has 13 heteroatoms. The van der Waals surface area contributed by atoms with Gasteiger partial charge >= 0.3 is 13.9 Å². The summed E-state index contributed by atoms with van der Waals surface area (Å²) in [7, 11) is -8.69. The topological polar surface area (TPSA) is 178 Å². The first-order valence-corrected chi connectivity index (χ1v) is 11.2. The van der Waals surface area contributed by atoms with Crippen molar-refractivity contribution in [3.63, 3.8) is 0 Å². The summed E-state index contributed by atoms with van der Waals surface area (Å²) in [5.41, 5.74) is 2.11. The highest BCUT2D eigenvalue weighted by Crippen LogP contribution is 2.26. The van der Waals surface area contributed by atoms with Gasteiger partial charge in [-0.15, -0.1) is 0 Å². The molecule has 6 N–H and O–H groups in total. The number of hydrogen-bond acceptors (Lipinski definition) is 6. The Hall–Kier alpha value is -2.50. The Kier molecular flexibility index (Phi) is 8.74. The van der Waals surface area contributed by atoms with Crippen LogP contribution in [-0.2, 0) is 14.6 Å². The van der Waals surface area contributed by atoms with Crippen LogP contribution >= 0.6 is 7.82 Å². The van der Waals surface area contributed by atoms with Crippen LogP contribution in [0.4, 0.5) is 16.2 Å². The number of carbonyl (C=O) groups excluding carboxylic acids is 1. The van der Waals surface area contributed by atoms with Crippen LogP contribution < -0.4 is 15.4 Å². The molecule has 11 nitrogen and oxygen atoms in total. The molecule has 0 bridgehead atoms. The SMILES string of the molecule is Cc1cccc(Nc2ccncc2S(=O)(=O)NC(=O)NC(C)C)c1.O=P(O)(O)O. The van der Waals surface area contributed by atoms with Crippen molar-refractivity contribution in [2.24, 2.45) is 0 Å². The molecule has 160 valence electrons. The maximum absolute atomic E-state index is 12.5. The molecule has 1 aromatic carbocycles. The number of urea groups is 1. The zero-order valence-corrected chi connectivity index (χ0v) is 17.6. The van der Waals surface area contributed by atoms with E-state index in [0.717, 1.165) is 11.3 Å². The number of carbonyl (C=O) groups is 1. The van der Waals surface area contributed by atoms with E-state index < -0.39 is 23.9 Å². The molecule has 2 rings (SSSR count). The van der Waals surface area contributed by atoms with Crippen molar-refractivity contribution in [1.82, 2.24) is 15.0 Å². The number of rotatable bonds is 5. The van der Waals surface area contributed by atoms with E-state index in [0.29, 0.717) is 5.69 Å². The predicted octanol–water partition coefficient (Wildman–Crippen LogP) is 1.60. The number of nitrogens with one attached hydrogen (secondary N) is 3. The summed E-state index contributed by atoms with van der Waals surface area (Å²) in [6, 6.07) is 8.08. The van der Waals surface area contributed by atoms with Crippen LogP contribution in [0.5, 0.6) is 0 Å². The summed E-state index contributed by atoms with van der Waals surface area (Å²) in [6.45, 7) is 5.41. The third-order valence-electron chi connectivity index (χ3n) is 3.02. The monoisotopic (exact) mass is 446 g/mol. The van der Waals surface area contributed by atoms with E-state index in [-0.39, 0.29) is 10.9 Å². The van der Waals surface area contributed by atoms with E-state index in [1.165, 1.54) is 18.5 Å². The second-order valence-corrected chi connectivity index (χ2v) is 8.79. The lowest BCUT2D eigenvalue weighted by molar-refractivity contribution is 0.243. The Balaban J connectivity index is 0.000000749. The van der Waals surface area contributed by atoms with Crippen LogP contribution in [0, 0.1) is 6.92 Å². The lowest BCUT2D eigenvalue weighted by Gasteiger charge is -2.14. The van der Waals surface area contributed by atoms with Gasteiger partial charge in [-0.05, 0) is 44.5 Å². The van der Waals surface area contributed by atoms with Gasteiger partial charge in [0.1, 0.15) is 4.90 Å². The Bertz CT molecular complexity index is 984. The molecule has 0 fully saturated rings. The third-order valence-corrected chi connectivity index (χ3v) is 4.38. The predicted molar refractivity (Wildman–Crippen MR) is 107 cm³/mol. The van der Waals surface area contributed by atoms with E-state index in [1.54, 1.807) is 13.8 Å². The molecule has 0 saturated heterocycles. The van der Waals surface area contributed by atoms with Crippen LogP contribution in [-0.4, -0.2) is 40.2 Å². The van der Waals surface area contributed by atoms with E-state index in [1.807, 2.05) is 35.9 Å². The Morgan fingerprint density at radius 1 is 1.17 bits per heavy atom. The van der Waals surface area contributed by atoms with Crippen molar-refractivity contribution in [1.29, 1.82) is 0 Å². The van der Waals surface area contributed by atoms with Gasteiger partial charge in [-0.3, -0.25) is 4.98 Å². The van der Waals surface area contributed by atoms with Gasteiger partial charge < -0.3 is 25.3 Å². The van der Waals surface area contributed by atoms with Gasteiger partial charge in [0.2, 0.25) is 0 Å². The van der Waals surface area contributed by atoms with Crippen LogP contribution in [0.3, 0.4) is 0 Å². The highest BCUT2D eigenvalue weighted by Gasteiger charge is 2.22. The van der Waals surface area contributed by atoms with Crippen LogP contribution in [0.25, 0.3) is 0 Å². The van der Waals surface area contributed by atoms with Gasteiger partial charge in [0.05, 0.1) is 5.69 Å². The minimum absolute atomic E-state index is 0.106. The molecular formula is C16H23N4O7PS. The van der Waals surface area contributed by atoms with Crippen LogP contribution in [0.15, 0.2) is 47.6 Å². The van der Waals surface area contributed by atoms with Crippen molar-refractivity contribution in [2.45, 2.75) is 31.7 Å². The number of hydrogen-bond donors (Lipinski definition) is 6. The maximum atomic E-state index is 12.5. The summed E-state index contributed by atoms with van der Waals surface area (Å²) in [5, 5.41) is 5.52. The lowest BCUT2D eigenvalue weighted by Crippen LogP contribution is -2.42. The van der Waals surface area contributed by atoms with Crippen molar-refractivity contribution in [2.75, 3.05) is 5.32 Å².